The highest BCUT2D eigenvalue weighted by Crippen LogP contribution is 2.32. The van der Waals surface area contributed by atoms with Crippen molar-refractivity contribution in [3.05, 3.63) is 52.0 Å². The van der Waals surface area contributed by atoms with Crippen molar-refractivity contribution in [2.24, 2.45) is 0 Å². The maximum absolute atomic E-state index is 13.7. The van der Waals surface area contributed by atoms with E-state index in [9.17, 15) is 27.2 Å². The van der Waals surface area contributed by atoms with Crippen LogP contribution >= 0.6 is 0 Å². The van der Waals surface area contributed by atoms with Gasteiger partial charge in [-0.25, -0.2) is 23.8 Å². The zero-order chi connectivity index (χ0) is 23.3. The molecule has 33 heavy (non-hydrogen) atoms. The maximum atomic E-state index is 13.7. The first kappa shape index (κ1) is 21.5. The number of aromatic nitrogens is 5. The molecule has 1 amide bonds. The Bertz CT molecular complexity index is 1280. The smallest absolute Gasteiger partial charge is 0.338 e. The number of amides is 1. The molecule has 0 aliphatic carbocycles. The third-order valence-corrected chi connectivity index (χ3v) is 6.12. The molecule has 0 aromatic carbocycles. The SMILES string of the molecule is O=C([C@@H]1CCCc2nn(Cc3cc4cccnc4nc3C(F)(F)F)c(=O)n21)N1CC[C@H](F)C1. The van der Waals surface area contributed by atoms with Crippen molar-refractivity contribution in [1.29, 1.82) is 0 Å². The monoisotopic (exact) mass is 464 g/mol. The molecule has 0 bridgehead atoms. The van der Waals surface area contributed by atoms with Crippen molar-refractivity contribution >= 4 is 16.9 Å². The van der Waals surface area contributed by atoms with Gasteiger partial charge in [0, 0.05) is 30.1 Å². The average Bonchev–Trinajstić information content (AvgIpc) is 3.35. The van der Waals surface area contributed by atoms with E-state index in [4.69, 9.17) is 0 Å². The van der Waals surface area contributed by atoms with Crippen molar-refractivity contribution in [2.75, 3.05) is 13.1 Å². The van der Waals surface area contributed by atoms with Crippen LogP contribution in [0, 0.1) is 0 Å². The lowest BCUT2D eigenvalue weighted by atomic mass is 10.0. The molecular weight excluding hydrogens is 444 g/mol. The molecule has 8 nitrogen and oxygen atoms in total. The molecule has 3 aromatic rings. The van der Waals surface area contributed by atoms with Crippen LogP contribution in [-0.2, 0) is 23.9 Å². The zero-order valence-corrected chi connectivity index (χ0v) is 17.4. The molecule has 0 radical (unpaired) electrons. The molecule has 0 spiro atoms. The van der Waals surface area contributed by atoms with Crippen LogP contribution in [0.25, 0.3) is 11.0 Å². The number of carbonyl (C=O) groups excluding carboxylic acids is 1. The molecule has 5 rings (SSSR count). The zero-order valence-electron chi connectivity index (χ0n) is 17.4. The summed E-state index contributed by atoms with van der Waals surface area (Å²) in [5.74, 6) is -0.0169. The molecule has 2 atom stereocenters. The summed E-state index contributed by atoms with van der Waals surface area (Å²) in [4.78, 5) is 35.1. The minimum atomic E-state index is -4.75. The Hall–Kier alpha value is -3.31. The molecule has 5 heterocycles. The van der Waals surface area contributed by atoms with Crippen LogP contribution in [0.1, 0.15) is 42.4 Å². The lowest BCUT2D eigenvalue weighted by molar-refractivity contribution is -0.141. The second-order valence-electron chi connectivity index (χ2n) is 8.35. The van der Waals surface area contributed by atoms with Gasteiger partial charge in [0.25, 0.3) is 0 Å². The molecule has 0 N–H and O–H groups in total. The van der Waals surface area contributed by atoms with Gasteiger partial charge in [-0.3, -0.25) is 9.36 Å². The van der Waals surface area contributed by atoms with Gasteiger partial charge in [-0.1, -0.05) is 0 Å². The predicted molar refractivity (Wildman–Crippen MR) is 108 cm³/mol. The minimum Gasteiger partial charge on any atom is -0.338 e. The lowest BCUT2D eigenvalue weighted by Gasteiger charge is -2.26. The van der Waals surface area contributed by atoms with Crippen molar-refractivity contribution in [2.45, 2.75) is 50.6 Å². The number of carbonyl (C=O) groups is 1. The third kappa shape index (κ3) is 3.87. The highest BCUT2D eigenvalue weighted by molar-refractivity contribution is 5.81. The number of hydrogen-bond acceptors (Lipinski definition) is 5. The standard InChI is InChI=1S/C21H20F4N6O2/c22-14-6-8-29(11-14)19(32)15-4-1-5-16-28-30(20(33)31(15)16)10-13-9-12-3-2-7-26-18(12)27-17(13)21(23,24)25/h2-3,7,9,14-15H,1,4-6,8,10-11H2/t14-,15-/m0/s1. The number of halogens is 4. The molecule has 2 aliphatic rings. The summed E-state index contributed by atoms with van der Waals surface area (Å²) in [7, 11) is 0. The fourth-order valence-corrected chi connectivity index (χ4v) is 4.57. The van der Waals surface area contributed by atoms with Gasteiger partial charge in [0.2, 0.25) is 5.91 Å². The topological polar surface area (TPSA) is 85.9 Å². The minimum absolute atomic E-state index is 0.0146. The number of fused-ring (bicyclic) bond motifs is 2. The maximum Gasteiger partial charge on any atom is 0.433 e. The molecule has 12 heteroatoms. The number of alkyl halides is 4. The van der Waals surface area contributed by atoms with Crippen LogP contribution in [0.4, 0.5) is 17.6 Å². The van der Waals surface area contributed by atoms with Crippen molar-refractivity contribution < 1.29 is 22.4 Å². The molecule has 1 saturated heterocycles. The summed E-state index contributed by atoms with van der Waals surface area (Å²) in [6.45, 7) is -0.192. The van der Waals surface area contributed by atoms with Crippen molar-refractivity contribution in [3.63, 3.8) is 0 Å². The van der Waals surface area contributed by atoms with Gasteiger partial charge in [-0.05, 0) is 37.5 Å². The molecule has 0 unspecified atom stereocenters. The Morgan fingerprint density at radius 1 is 1.24 bits per heavy atom. The van der Waals surface area contributed by atoms with E-state index >= 15 is 0 Å². The largest absolute Gasteiger partial charge is 0.433 e. The van der Waals surface area contributed by atoms with Crippen molar-refractivity contribution in [1.82, 2.24) is 29.2 Å². The number of rotatable bonds is 3. The highest BCUT2D eigenvalue weighted by Gasteiger charge is 2.38. The van der Waals surface area contributed by atoms with Gasteiger partial charge in [-0.15, -0.1) is 0 Å². The molecule has 1 fully saturated rings. The summed E-state index contributed by atoms with van der Waals surface area (Å²) < 4.78 is 56.9. The van der Waals surface area contributed by atoms with E-state index in [2.05, 4.69) is 15.1 Å². The summed E-state index contributed by atoms with van der Waals surface area (Å²) in [6, 6.07) is 3.64. The van der Waals surface area contributed by atoms with Crippen LogP contribution < -0.4 is 5.69 Å². The van der Waals surface area contributed by atoms with E-state index < -0.39 is 36.3 Å². The van der Waals surface area contributed by atoms with Gasteiger partial charge in [0.05, 0.1) is 13.1 Å². The number of likely N-dealkylation sites (tertiary alicyclic amines) is 1. The van der Waals surface area contributed by atoms with Gasteiger partial charge in [0.15, 0.2) is 11.3 Å². The van der Waals surface area contributed by atoms with Crippen LogP contribution in [0.3, 0.4) is 0 Å². The molecule has 2 aliphatic heterocycles. The first-order chi connectivity index (χ1) is 15.7. The van der Waals surface area contributed by atoms with Crippen LogP contribution in [0.15, 0.2) is 29.2 Å². The van der Waals surface area contributed by atoms with E-state index in [-0.39, 0.29) is 36.6 Å². The normalized spacial score (nSPS) is 20.9. The number of pyridine rings is 2. The van der Waals surface area contributed by atoms with Gasteiger partial charge >= 0.3 is 11.9 Å². The number of aryl methyl sites for hydroxylation is 1. The quantitative estimate of drug-likeness (QED) is 0.556. The summed E-state index contributed by atoms with van der Waals surface area (Å²) in [5, 5.41) is 4.64. The lowest BCUT2D eigenvalue weighted by Crippen LogP contribution is -2.41. The first-order valence-electron chi connectivity index (χ1n) is 10.7. The van der Waals surface area contributed by atoms with Crippen molar-refractivity contribution in [3.8, 4) is 0 Å². The van der Waals surface area contributed by atoms with Crippen LogP contribution in [-0.4, -0.2) is 54.4 Å². The Kier molecular flexibility index (Phi) is 5.17. The summed E-state index contributed by atoms with van der Waals surface area (Å²) in [5.41, 5.74) is -2.07. The Morgan fingerprint density at radius 2 is 2.06 bits per heavy atom. The number of hydrogen-bond donors (Lipinski definition) is 0. The second kappa shape index (κ2) is 7.92. The number of nitrogens with zero attached hydrogens (tertiary/aromatic N) is 6. The van der Waals surface area contributed by atoms with Crippen LogP contribution in [0.2, 0.25) is 0 Å². The first-order valence-corrected chi connectivity index (χ1v) is 10.7. The molecule has 3 aromatic heterocycles. The van der Waals surface area contributed by atoms with E-state index in [0.29, 0.717) is 30.5 Å². The van der Waals surface area contributed by atoms with E-state index in [0.717, 1.165) is 4.68 Å². The van der Waals surface area contributed by atoms with Gasteiger partial charge in [-0.2, -0.15) is 18.3 Å². The van der Waals surface area contributed by atoms with E-state index in [1.54, 1.807) is 12.1 Å². The van der Waals surface area contributed by atoms with E-state index in [1.165, 1.54) is 21.7 Å². The molecule has 0 saturated carbocycles. The van der Waals surface area contributed by atoms with Crippen LogP contribution in [0.5, 0.6) is 0 Å². The third-order valence-electron chi connectivity index (χ3n) is 6.12. The van der Waals surface area contributed by atoms with Gasteiger partial charge in [0.1, 0.15) is 18.0 Å². The predicted octanol–water partition coefficient (Wildman–Crippen LogP) is 2.50. The Balaban J connectivity index is 1.53. The fourth-order valence-electron chi connectivity index (χ4n) is 4.57. The van der Waals surface area contributed by atoms with E-state index in [1.807, 2.05) is 0 Å². The Labute approximate surface area is 184 Å². The fraction of sp³-hybridized carbons (Fsp3) is 0.476. The molecular formula is C21H20F4N6O2. The average molecular weight is 464 g/mol. The highest BCUT2D eigenvalue weighted by atomic mass is 19.4. The second-order valence-corrected chi connectivity index (χ2v) is 8.35. The van der Waals surface area contributed by atoms with Gasteiger partial charge < -0.3 is 4.90 Å². The molecule has 174 valence electrons. The summed E-state index contributed by atoms with van der Waals surface area (Å²) >= 11 is 0. The Morgan fingerprint density at radius 3 is 2.79 bits per heavy atom. The summed E-state index contributed by atoms with van der Waals surface area (Å²) in [6.07, 6.45) is -2.83.